The molecule has 0 aromatic heterocycles. The number of urea groups is 1. The molecule has 1 N–H and O–H groups in total. The fraction of sp³-hybridized carbons (Fsp3) is 0.364. The molecular weight excluding hydrogens is 176 g/mol. The summed E-state index contributed by atoms with van der Waals surface area (Å²) in [5.41, 5.74) is 1.05. The standard InChI is InChI=1S/C11H18N2O/c1-5-7-13(8-6-2)11(14)12-9-10(3)4/h5-6,9H,1-2,7-8H2,3-4H3,(H,12,14). The molecule has 0 heterocycles. The van der Waals surface area contributed by atoms with Gasteiger partial charge < -0.3 is 10.2 Å². The molecule has 0 fully saturated rings. The van der Waals surface area contributed by atoms with Crippen LogP contribution in [0.1, 0.15) is 13.8 Å². The molecule has 0 saturated heterocycles. The molecule has 0 aliphatic rings. The van der Waals surface area contributed by atoms with Crippen molar-refractivity contribution in [1.29, 1.82) is 0 Å². The second kappa shape index (κ2) is 6.95. The van der Waals surface area contributed by atoms with Gasteiger partial charge in [-0.1, -0.05) is 17.7 Å². The molecule has 3 nitrogen and oxygen atoms in total. The van der Waals surface area contributed by atoms with E-state index in [4.69, 9.17) is 0 Å². The van der Waals surface area contributed by atoms with E-state index in [2.05, 4.69) is 18.5 Å². The van der Waals surface area contributed by atoms with Crippen molar-refractivity contribution >= 4 is 6.03 Å². The Morgan fingerprint density at radius 3 is 2.14 bits per heavy atom. The molecular formula is C11H18N2O. The molecule has 0 aliphatic heterocycles. The first-order valence-electron chi connectivity index (χ1n) is 4.52. The fourth-order valence-corrected chi connectivity index (χ4v) is 0.849. The van der Waals surface area contributed by atoms with Crippen LogP contribution in [0.4, 0.5) is 4.79 Å². The third kappa shape index (κ3) is 5.19. The van der Waals surface area contributed by atoms with Crippen LogP contribution < -0.4 is 5.32 Å². The SMILES string of the molecule is C=CCN(CC=C)C(=O)NC=C(C)C. The highest BCUT2D eigenvalue weighted by Crippen LogP contribution is 1.92. The summed E-state index contributed by atoms with van der Waals surface area (Å²) in [6, 6.07) is -0.133. The highest BCUT2D eigenvalue weighted by molar-refractivity contribution is 5.75. The summed E-state index contributed by atoms with van der Waals surface area (Å²) in [7, 11) is 0. The molecule has 0 rings (SSSR count). The number of hydrogen-bond donors (Lipinski definition) is 1. The monoisotopic (exact) mass is 194 g/mol. The number of hydrogen-bond acceptors (Lipinski definition) is 1. The zero-order chi connectivity index (χ0) is 11.0. The molecule has 0 radical (unpaired) electrons. The van der Waals surface area contributed by atoms with Crippen molar-refractivity contribution in [3.8, 4) is 0 Å². The Labute approximate surface area is 85.8 Å². The summed E-state index contributed by atoms with van der Waals surface area (Å²) in [6.45, 7) is 12.1. The highest BCUT2D eigenvalue weighted by Gasteiger charge is 2.07. The van der Waals surface area contributed by atoms with Crippen LogP contribution in [0.2, 0.25) is 0 Å². The molecule has 3 heteroatoms. The van der Waals surface area contributed by atoms with Crippen LogP contribution in [-0.2, 0) is 0 Å². The number of nitrogens with zero attached hydrogens (tertiary/aromatic N) is 1. The molecule has 0 aromatic rings. The summed E-state index contributed by atoms with van der Waals surface area (Å²) in [4.78, 5) is 13.1. The molecule has 14 heavy (non-hydrogen) atoms. The lowest BCUT2D eigenvalue weighted by molar-refractivity contribution is 0.212. The Hall–Kier alpha value is -1.51. The third-order valence-corrected chi connectivity index (χ3v) is 1.47. The van der Waals surface area contributed by atoms with E-state index in [1.807, 2.05) is 13.8 Å². The van der Waals surface area contributed by atoms with Crippen LogP contribution in [0, 0.1) is 0 Å². The van der Waals surface area contributed by atoms with Crippen molar-refractivity contribution in [2.45, 2.75) is 13.8 Å². The first-order valence-corrected chi connectivity index (χ1v) is 4.52. The first kappa shape index (κ1) is 12.5. The van der Waals surface area contributed by atoms with E-state index in [9.17, 15) is 4.79 Å². The smallest absolute Gasteiger partial charge is 0.317 e. The minimum absolute atomic E-state index is 0.133. The third-order valence-electron chi connectivity index (χ3n) is 1.47. The van der Waals surface area contributed by atoms with Crippen molar-refractivity contribution in [3.05, 3.63) is 37.1 Å². The first-order chi connectivity index (χ1) is 6.61. The molecule has 0 unspecified atom stereocenters. The second-order valence-electron chi connectivity index (χ2n) is 3.15. The Morgan fingerprint density at radius 2 is 1.79 bits per heavy atom. The van der Waals surface area contributed by atoms with Crippen LogP contribution >= 0.6 is 0 Å². The molecule has 0 aromatic carbocycles. The maximum Gasteiger partial charge on any atom is 0.321 e. The summed E-state index contributed by atoms with van der Waals surface area (Å²) >= 11 is 0. The van der Waals surface area contributed by atoms with Crippen molar-refractivity contribution < 1.29 is 4.79 Å². The van der Waals surface area contributed by atoms with Gasteiger partial charge >= 0.3 is 6.03 Å². The summed E-state index contributed by atoms with van der Waals surface area (Å²) in [5, 5.41) is 2.68. The van der Waals surface area contributed by atoms with E-state index in [1.165, 1.54) is 0 Å². The maximum absolute atomic E-state index is 11.5. The highest BCUT2D eigenvalue weighted by atomic mass is 16.2. The topological polar surface area (TPSA) is 32.3 Å². The van der Waals surface area contributed by atoms with Crippen molar-refractivity contribution in [2.24, 2.45) is 0 Å². The quantitative estimate of drug-likeness (QED) is 0.669. The molecule has 0 spiro atoms. The Bertz CT molecular complexity index is 230. The average Bonchev–Trinajstić information content (AvgIpc) is 2.14. The van der Waals surface area contributed by atoms with E-state index in [0.29, 0.717) is 13.1 Å². The molecule has 0 aliphatic carbocycles. The van der Waals surface area contributed by atoms with Crippen molar-refractivity contribution in [2.75, 3.05) is 13.1 Å². The average molecular weight is 194 g/mol. The fourth-order valence-electron chi connectivity index (χ4n) is 0.849. The van der Waals surface area contributed by atoms with Gasteiger partial charge in [0.2, 0.25) is 0 Å². The predicted octanol–water partition coefficient (Wildman–Crippen LogP) is 2.29. The van der Waals surface area contributed by atoms with Gasteiger partial charge in [0, 0.05) is 19.3 Å². The number of rotatable bonds is 5. The van der Waals surface area contributed by atoms with E-state index in [0.717, 1.165) is 5.57 Å². The molecule has 0 saturated carbocycles. The Kier molecular flexibility index (Phi) is 6.20. The lowest BCUT2D eigenvalue weighted by Gasteiger charge is -2.18. The van der Waals surface area contributed by atoms with Gasteiger partial charge in [-0.05, 0) is 13.8 Å². The zero-order valence-electron chi connectivity index (χ0n) is 8.92. The van der Waals surface area contributed by atoms with Gasteiger partial charge in [-0.2, -0.15) is 0 Å². The second-order valence-corrected chi connectivity index (χ2v) is 3.15. The van der Waals surface area contributed by atoms with Crippen LogP contribution in [0.5, 0.6) is 0 Å². The number of carbonyl (C=O) groups excluding carboxylic acids is 1. The zero-order valence-corrected chi connectivity index (χ0v) is 8.92. The van der Waals surface area contributed by atoms with Gasteiger partial charge in [0.1, 0.15) is 0 Å². The minimum atomic E-state index is -0.133. The molecule has 0 bridgehead atoms. The van der Waals surface area contributed by atoms with Crippen LogP contribution in [-0.4, -0.2) is 24.0 Å². The number of carbonyl (C=O) groups is 1. The summed E-state index contributed by atoms with van der Waals surface area (Å²) in [5.74, 6) is 0. The lowest BCUT2D eigenvalue weighted by Crippen LogP contribution is -2.37. The van der Waals surface area contributed by atoms with E-state index >= 15 is 0 Å². The number of allylic oxidation sites excluding steroid dienone is 1. The van der Waals surface area contributed by atoms with Crippen molar-refractivity contribution in [1.82, 2.24) is 10.2 Å². The summed E-state index contributed by atoms with van der Waals surface area (Å²) < 4.78 is 0. The van der Waals surface area contributed by atoms with Crippen LogP contribution in [0.25, 0.3) is 0 Å². The normalized spacial score (nSPS) is 8.71. The number of nitrogens with one attached hydrogen (secondary N) is 1. The molecule has 0 atom stereocenters. The Balaban J connectivity index is 4.20. The Morgan fingerprint density at radius 1 is 1.29 bits per heavy atom. The maximum atomic E-state index is 11.5. The van der Waals surface area contributed by atoms with E-state index < -0.39 is 0 Å². The largest absolute Gasteiger partial charge is 0.321 e. The van der Waals surface area contributed by atoms with Gasteiger partial charge in [0.15, 0.2) is 0 Å². The van der Waals surface area contributed by atoms with Gasteiger partial charge in [-0.25, -0.2) is 4.79 Å². The van der Waals surface area contributed by atoms with Crippen LogP contribution in [0.3, 0.4) is 0 Å². The van der Waals surface area contributed by atoms with Gasteiger partial charge in [-0.15, -0.1) is 13.2 Å². The predicted molar refractivity (Wildman–Crippen MR) is 59.9 cm³/mol. The van der Waals surface area contributed by atoms with E-state index in [1.54, 1.807) is 23.3 Å². The molecule has 2 amide bonds. The summed E-state index contributed by atoms with van der Waals surface area (Å²) in [6.07, 6.45) is 5.05. The van der Waals surface area contributed by atoms with Gasteiger partial charge in [-0.3, -0.25) is 0 Å². The minimum Gasteiger partial charge on any atom is -0.317 e. The van der Waals surface area contributed by atoms with Gasteiger partial charge in [0.25, 0.3) is 0 Å². The van der Waals surface area contributed by atoms with Crippen LogP contribution in [0.15, 0.2) is 37.1 Å². The van der Waals surface area contributed by atoms with Gasteiger partial charge in [0.05, 0.1) is 0 Å². The van der Waals surface area contributed by atoms with Crippen molar-refractivity contribution in [3.63, 3.8) is 0 Å². The lowest BCUT2D eigenvalue weighted by atomic mass is 10.4. The van der Waals surface area contributed by atoms with E-state index in [-0.39, 0.29) is 6.03 Å². The number of amides is 2. The molecule has 78 valence electrons.